The van der Waals surface area contributed by atoms with Crippen LogP contribution in [0.5, 0.6) is 0 Å². The third-order valence-corrected chi connectivity index (χ3v) is 4.59. The van der Waals surface area contributed by atoms with Gasteiger partial charge in [0.15, 0.2) is 0 Å². The van der Waals surface area contributed by atoms with E-state index in [0.29, 0.717) is 17.1 Å². The fraction of sp³-hybridized carbons (Fsp3) is 0.188. The van der Waals surface area contributed by atoms with E-state index in [-0.39, 0.29) is 5.91 Å². The van der Waals surface area contributed by atoms with Crippen LogP contribution >= 0.6 is 34.2 Å². The summed E-state index contributed by atoms with van der Waals surface area (Å²) in [6, 6.07) is 13.6. The lowest BCUT2D eigenvalue weighted by atomic mass is 10.1. The molecule has 0 heterocycles. The third-order valence-electron chi connectivity index (χ3n) is 3.02. The van der Waals surface area contributed by atoms with Gasteiger partial charge in [-0.3, -0.25) is 4.79 Å². The van der Waals surface area contributed by atoms with Crippen LogP contribution in [0, 0.1) is 10.5 Å². The predicted molar refractivity (Wildman–Crippen MR) is 91.1 cm³/mol. The highest BCUT2D eigenvalue weighted by molar-refractivity contribution is 14.1. The Bertz CT molecular complexity index is 642. The van der Waals surface area contributed by atoms with Gasteiger partial charge in [-0.25, -0.2) is 0 Å². The Balaban J connectivity index is 2.14. The fourth-order valence-corrected chi connectivity index (χ4v) is 2.52. The van der Waals surface area contributed by atoms with Crippen LogP contribution < -0.4 is 0 Å². The summed E-state index contributed by atoms with van der Waals surface area (Å²) in [6.07, 6.45) is 0. The number of rotatable bonds is 3. The number of hydrogen-bond acceptors (Lipinski definition) is 1. The van der Waals surface area contributed by atoms with Crippen molar-refractivity contribution in [2.75, 3.05) is 7.05 Å². The van der Waals surface area contributed by atoms with Gasteiger partial charge in [-0.15, -0.1) is 0 Å². The van der Waals surface area contributed by atoms with Crippen molar-refractivity contribution in [1.82, 2.24) is 4.90 Å². The van der Waals surface area contributed by atoms with E-state index in [1.807, 2.05) is 37.3 Å². The molecule has 0 bridgehead atoms. The molecule has 2 aromatic rings. The second-order valence-corrected chi connectivity index (χ2v) is 6.35. The van der Waals surface area contributed by atoms with Gasteiger partial charge in [0.2, 0.25) is 0 Å². The van der Waals surface area contributed by atoms with Crippen molar-refractivity contribution in [3.05, 3.63) is 67.7 Å². The maximum atomic E-state index is 12.4. The lowest BCUT2D eigenvalue weighted by Crippen LogP contribution is -2.26. The molecule has 0 saturated carbocycles. The maximum Gasteiger partial charge on any atom is 0.253 e. The first-order valence-electron chi connectivity index (χ1n) is 6.23. The van der Waals surface area contributed by atoms with E-state index < -0.39 is 0 Å². The Morgan fingerprint density at radius 1 is 1.25 bits per heavy atom. The molecule has 1 amide bonds. The van der Waals surface area contributed by atoms with Crippen molar-refractivity contribution in [2.45, 2.75) is 13.5 Å². The Morgan fingerprint density at radius 3 is 2.65 bits per heavy atom. The van der Waals surface area contributed by atoms with Gasteiger partial charge in [-0.2, -0.15) is 0 Å². The van der Waals surface area contributed by atoms with Gasteiger partial charge in [-0.05, 0) is 53.3 Å². The zero-order chi connectivity index (χ0) is 14.7. The minimum atomic E-state index is -0.0233. The number of benzene rings is 2. The van der Waals surface area contributed by atoms with Crippen LogP contribution in [0.25, 0.3) is 0 Å². The molecular formula is C16H15ClINO. The smallest absolute Gasteiger partial charge is 0.253 e. The highest BCUT2D eigenvalue weighted by atomic mass is 127. The largest absolute Gasteiger partial charge is 0.337 e. The summed E-state index contributed by atoms with van der Waals surface area (Å²) >= 11 is 8.21. The molecule has 0 unspecified atom stereocenters. The Morgan fingerprint density at radius 2 is 2.00 bits per heavy atom. The van der Waals surface area contributed by atoms with E-state index in [9.17, 15) is 4.79 Å². The van der Waals surface area contributed by atoms with E-state index in [4.69, 9.17) is 11.6 Å². The zero-order valence-electron chi connectivity index (χ0n) is 11.4. The standard InChI is InChI=1S/C16H15ClINO/c1-11-4-3-5-12(8-11)10-19(2)16(20)13-6-7-15(18)14(17)9-13/h3-9H,10H2,1-2H3. The summed E-state index contributed by atoms with van der Waals surface area (Å²) in [5.41, 5.74) is 2.93. The Labute approximate surface area is 137 Å². The summed E-state index contributed by atoms with van der Waals surface area (Å²) in [4.78, 5) is 14.1. The average molecular weight is 400 g/mol. The normalized spacial score (nSPS) is 10.4. The van der Waals surface area contributed by atoms with Crippen LogP contribution in [0.15, 0.2) is 42.5 Å². The molecule has 4 heteroatoms. The first-order chi connectivity index (χ1) is 9.47. The average Bonchev–Trinajstić information content (AvgIpc) is 2.41. The summed E-state index contributed by atoms with van der Waals surface area (Å²) in [7, 11) is 1.80. The SMILES string of the molecule is Cc1cccc(CN(C)C(=O)c2ccc(I)c(Cl)c2)c1. The summed E-state index contributed by atoms with van der Waals surface area (Å²) in [6.45, 7) is 2.63. The van der Waals surface area contributed by atoms with Crippen molar-refractivity contribution >= 4 is 40.1 Å². The number of amides is 1. The molecule has 0 atom stereocenters. The molecule has 0 aliphatic rings. The quantitative estimate of drug-likeness (QED) is 0.695. The molecule has 0 saturated heterocycles. The predicted octanol–water partition coefficient (Wildman–Crippen LogP) is 4.53. The molecule has 0 aliphatic heterocycles. The monoisotopic (exact) mass is 399 g/mol. The summed E-state index contributed by atoms with van der Waals surface area (Å²) in [5.74, 6) is -0.0233. The topological polar surface area (TPSA) is 20.3 Å². The molecule has 2 aromatic carbocycles. The molecule has 0 aromatic heterocycles. The molecular weight excluding hydrogens is 385 g/mol. The minimum absolute atomic E-state index is 0.0233. The van der Waals surface area contributed by atoms with Crippen LogP contribution in [-0.2, 0) is 6.54 Å². The van der Waals surface area contributed by atoms with Crippen molar-refractivity contribution in [3.8, 4) is 0 Å². The van der Waals surface area contributed by atoms with E-state index in [1.165, 1.54) is 5.56 Å². The van der Waals surface area contributed by atoms with Crippen molar-refractivity contribution < 1.29 is 4.79 Å². The van der Waals surface area contributed by atoms with Gasteiger partial charge >= 0.3 is 0 Å². The van der Waals surface area contributed by atoms with Gasteiger partial charge in [0.25, 0.3) is 5.91 Å². The molecule has 0 N–H and O–H groups in total. The molecule has 0 fully saturated rings. The van der Waals surface area contributed by atoms with Crippen LogP contribution in [0.1, 0.15) is 21.5 Å². The van der Waals surface area contributed by atoms with Crippen LogP contribution in [-0.4, -0.2) is 17.9 Å². The van der Waals surface area contributed by atoms with Gasteiger partial charge in [-0.1, -0.05) is 41.4 Å². The summed E-state index contributed by atoms with van der Waals surface area (Å²) < 4.78 is 0.946. The second-order valence-electron chi connectivity index (χ2n) is 4.78. The van der Waals surface area contributed by atoms with Crippen LogP contribution in [0.2, 0.25) is 5.02 Å². The summed E-state index contributed by atoms with van der Waals surface area (Å²) in [5, 5.41) is 0.611. The van der Waals surface area contributed by atoms with Crippen molar-refractivity contribution in [3.63, 3.8) is 0 Å². The molecule has 104 valence electrons. The molecule has 2 nitrogen and oxygen atoms in total. The van der Waals surface area contributed by atoms with E-state index in [0.717, 1.165) is 9.13 Å². The minimum Gasteiger partial charge on any atom is -0.337 e. The highest BCUT2D eigenvalue weighted by Crippen LogP contribution is 2.20. The van der Waals surface area contributed by atoms with Crippen LogP contribution in [0.4, 0.5) is 0 Å². The number of aryl methyl sites for hydroxylation is 1. The molecule has 0 spiro atoms. The van der Waals surface area contributed by atoms with Gasteiger partial charge in [0.05, 0.1) is 5.02 Å². The number of hydrogen-bond donors (Lipinski definition) is 0. The second kappa shape index (κ2) is 6.59. The lowest BCUT2D eigenvalue weighted by Gasteiger charge is -2.18. The first kappa shape index (κ1) is 15.3. The van der Waals surface area contributed by atoms with E-state index in [1.54, 1.807) is 18.0 Å². The van der Waals surface area contributed by atoms with E-state index in [2.05, 4.69) is 28.7 Å². The van der Waals surface area contributed by atoms with Crippen LogP contribution in [0.3, 0.4) is 0 Å². The number of halogens is 2. The number of nitrogens with zero attached hydrogens (tertiary/aromatic N) is 1. The Kier molecular flexibility index (Phi) is 5.05. The van der Waals surface area contributed by atoms with Gasteiger partial charge in [0.1, 0.15) is 0 Å². The molecule has 20 heavy (non-hydrogen) atoms. The van der Waals surface area contributed by atoms with Gasteiger partial charge in [0, 0.05) is 22.7 Å². The fourth-order valence-electron chi connectivity index (χ4n) is 2.01. The number of carbonyl (C=O) groups excluding carboxylic acids is 1. The molecule has 2 rings (SSSR count). The zero-order valence-corrected chi connectivity index (χ0v) is 14.3. The third kappa shape index (κ3) is 3.73. The van der Waals surface area contributed by atoms with Crippen molar-refractivity contribution in [1.29, 1.82) is 0 Å². The highest BCUT2D eigenvalue weighted by Gasteiger charge is 2.13. The molecule has 0 radical (unpaired) electrons. The molecule has 0 aliphatic carbocycles. The first-order valence-corrected chi connectivity index (χ1v) is 7.69. The maximum absolute atomic E-state index is 12.4. The lowest BCUT2D eigenvalue weighted by molar-refractivity contribution is 0.0785. The van der Waals surface area contributed by atoms with E-state index >= 15 is 0 Å². The number of carbonyl (C=O) groups is 1. The van der Waals surface area contributed by atoms with Crippen molar-refractivity contribution in [2.24, 2.45) is 0 Å². The van der Waals surface area contributed by atoms with Gasteiger partial charge < -0.3 is 4.90 Å². The Hall–Kier alpha value is -1.07.